The van der Waals surface area contributed by atoms with Crippen LogP contribution in [0.1, 0.15) is 43.5 Å². The first-order valence-corrected chi connectivity index (χ1v) is 14.0. The fourth-order valence-corrected chi connectivity index (χ4v) is 6.35. The molecule has 4 heterocycles. The zero-order valence-electron chi connectivity index (χ0n) is 24.1. The van der Waals surface area contributed by atoms with Gasteiger partial charge in [0.2, 0.25) is 0 Å². The van der Waals surface area contributed by atoms with Crippen LogP contribution in [0.2, 0.25) is 0 Å². The van der Waals surface area contributed by atoms with Crippen molar-refractivity contribution < 1.29 is 14.3 Å². The number of methoxy groups -OCH3 is 1. The summed E-state index contributed by atoms with van der Waals surface area (Å²) in [4.78, 5) is 24.0. The molecular weight excluding hydrogens is 516 g/mol. The minimum atomic E-state index is -0.555. The van der Waals surface area contributed by atoms with E-state index >= 15 is 0 Å². The van der Waals surface area contributed by atoms with Gasteiger partial charge in [-0.2, -0.15) is 5.26 Å². The Bertz CT molecular complexity index is 1560. The van der Waals surface area contributed by atoms with Gasteiger partial charge in [-0.15, -0.1) is 0 Å². The second kappa shape index (κ2) is 10.3. The van der Waals surface area contributed by atoms with Crippen LogP contribution in [0, 0.1) is 11.3 Å². The van der Waals surface area contributed by atoms with Crippen molar-refractivity contribution in [3.8, 4) is 6.07 Å². The van der Waals surface area contributed by atoms with Crippen LogP contribution in [0.3, 0.4) is 0 Å². The number of nitriles is 1. The van der Waals surface area contributed by atoms with E-state index in [9.17, 15) is 10.1 Å². The smallest absolute Gasteiger partial charge is 0.408 e. The zero-order valence-corrected chi connectivity index (χ0v) is 24.1. The van der Waals surface area contributed by atoms with Crippen molar-refractivity contribution in [3.05, 3.63) is 77.6 Å². The number of carbonyl (C=O) groups excluding carboxylic acids is 1. The molecule has 0 saturated carbocycles. The van der Waals surface area contributed by atoms with Gasteiger partial charge in [-0.3, -0.25) is 4.98 Å². The Morgan fingerprint density at radius 1 is 1.12 bits per heavy atom. The molecule has 212 valence electrons. The molecule has 0 aliphatic carbocycles. The molecule has 2 saturated heterocycles. The number of hydrogen-bond donors (Lipinski definition) is 1. The van der Waals surface area contributed by atoms with Gasteiger partial charge in [0.1, 0.15) is 11.7 Å². The zero-order chi connectivity index (χ0) is 28.9. The first-order chi connectivity index (χ1) is 19.6. The Morgan fingerprint density at radius 3 is 2.71 bits per heavy atom. The van der Waals surface area contributed by atoms with E-state index in [0.717, 1.165) is 41.1 Å². The number of nitrogens with zero attached hydrogens (tertiary/aromatic N) is 5. The molecule has 1 amide bonds. The Kier molecular flexibility index (Phi) is 6.74. The van der Waals surface area contributed by atoms with Crippen molar-refractivity contribution in [1.29, 1.82) is 5.26 Å². The van der Waals surface area contributed by atoms with E-state index in [1.54, 1.807) is 13.3 Å². The molecule has 3 aliphatic heterocycles. The quantitative estimate of drug-likeness (QED) is 0.497. The maximum absolute atomic E-state index is 12.4. The summed E-state index contributed by atoms with van der Waals surface area (Å²) in [6.07, 6.45) is 1.18. The molecule has 41 heavy (non-hydrogen) atoms. The van der Waals surface area contributed by atoms with Crippen LogP contribution in [0.25, 0.3) is 10.9 Å². The van der Waals surface area contributed by atoms with Gasteiger partial charge < -0.3 is 29.5 Å². The van der Waals surface area contributed by atoms with E-state index in [1.807, 2.05) is 45.0 Å². The number of pyridine rings is 1. The van der Waals surface area contributed by atoms with Crippen molar-refractivity contribution in [1.82, 2.24) is 15.2 Å². The molecular formula is C32H36N6O3. The fraction of sp³-hybridized carbons (Fsp3) is 0.406. The van der Waals surface area contributed by atoms with Crippen molar-refractivity contribution >= 4 is 28.4 Å². The predicted octanol–water partition coefficient (Wildman–Crippen LogP) is 4.73. The SMILES string of the molecule is C=C1CN(c2ccc(C#N)c3ncccc23)C[C@@H]2c3ccc(N4C[C@H](NC(=O)OC(C)(C)C)[C@@H](OC)C4)cc3CN12. The molecule has 0 spiro atoms. The van der Waals surface area contributed by atoms with E-state index in [-0.39, 0.29) is 18.2 Å². The first kappa shape index (κ1) is 26.9. The monoisotopic (exact) mass is 552 g/mol. The number of amides is 1. The molecule has 2 fully saturated rings. The van der Waals surface area contributed by atoms with Crippen LogP contribution < -0.4 is 15.1 Å². The predicted molar refractivity (Wildman–Crippen MR) is 159 cm³/mol. The van der Waals surface area contributed by atoms with Gasteiger partial charge in [-0.1, -0.05) is 12.6 Å². The van der Waals surface area contributed by atoms with Gasteiger partial charge in [-0.25, -0.2) is 4.79 Å². The third-order valence-corrected chi connectivity index (χ3v) is 8.22. The number of benzene rings is 2. The second-order valence-electron chi connectivity index (χ2n) is 12.0. The molecule has 3 aromatic rings. The lowest BCUT2D eigenvalue weighted by Crippen LogP contribution is -2.45. The van der Waals surface area contributed by atoms with E-state index in [4.69, 9.17) is 9.47 Å². The summed E-state index contributed by atoms with van der Waals surface area (Å²) in [5.41, 5.74) is 6.62. The molecule has 9 nitrogen and oxygen atoms in total. The minimum Gasteiger partial charge on any atom is -0.444 e. The van der Waals surface area contributed by atoms with E-state index in [0.29, 0.717) is 25.2 Å². The van der Waals surface area contributed by atoms with Crippen LogP contribution in [0.4, 0.5) is 16.2 Å². The number of anilines is 2. The largest absolute Gasteiger partial charge is 0.444 e. The highest BCUT2D eigenvalue weighted by Gasteiger charge is 2.39. The molecule has 1 N–H and O–H groups in total. The maximum Gasteiger partial charge on any atom is 0.408 e. The number of hydrogen-bond acceptors (Lipinski definition) is 8. The molecule has 0 bridgehead atoms. The summed E-state index contributed by atoms with van der Waals surface area (Å²) >= 11 is 0. The molecule has 9 heteroatoms. The van der Waals surface area contributed by atoms with E-state index in [2.05, 4.69) is 55.8 Å². The van der Waals surface area contributed by atoms with Gasteiger partial charge in [0.15, 0.2) is 0 Å². The number of nitrogens with one attached hydrogen (secondary N) is 1. The lowest BCUT2D eigenvalue weighted by Gasteiger charge is -2.42. The van der Waals surface area contributed by atoms with Crippen LogP contribution in [0.5, 0.6) is 0 Å². The summed E-state index contributed by atoms with van der Waals surface area (Å²) in [5, 5.41) is 13.6. The van der Waals surface area contributed by atoms with E-state index in [1.165, 1.54) is 11.1 Å². The van der Waals surface area contributed by atoms with Gasteiger partial charge in [-0.05, 0) is 68.3 Å². The molecule has 3 aliphatic rings. The third-order valence-electron chi connectivity index (χ3n) is 8.22. The Morgan fingerprint density at radius 2 is 1.95 bits per heavy atom. The molecule has 6 rings (SSSR count). The van der Waals surface area contributed by atoms with Crippen LogP contribution in [-0.2, 0) is 16.0 Å². The molecule has 1 aromatic heterocycles. The number of fused-ring (bicyclic) bond motifs is 4. The Balaban J connectivity index is 1.22. The standard InChI is InChI=1S/C32H36N6O3/c1-20-15-37(27-11-8-21(14-33)30-25(27)7-6-12-34-30)18-28-24-10-9-23(13-22(24)16-38(20)28)36-17-26(29(19-36)40-5)35-31(39)41-32(2,3)4/h6-13,26,28-29H,1,15-19H2,2-5H3,(H,35,39)/t26-,28+,29-/m0/s1. The summed E-state index contributed by atoms with van der Waals surface area (Å²) < 4.78 is 11.2. The first-order valence-electron chi connectivity index (χ1n) is 14.0. The van der Waals surface area contributed by atoms with Crippen LogP contribution in [0.15, 0.2) is 60.9 Å². The van der Waals surface area contributed by atoms with Gasteiger partial charge in [0.05, 0.1) is 35.8 Å². The van der Waals surface area contributed by atoms with Crippen molar-refractivity contribution in [2.45, 2.75) is 51.1 Å². The average molecular weight is 553 g/mol. The lowest BCUT2D eigenvalue weighted by atomic mass is 10.0. The Hall–Kier alpha value is -4.29. The number of rotatable bonds is 4. The van der Waals surface area contributed by atoms with Crippen molar-refractivity contribution in [2.75, 3.05) is 43.1 Å². The lowest BCUT2D eigenvalue weighted by molar-refractivity contribution is 0.0417. The summed E-state index contributed by atoms with van der Waals surface area (Å²) in [7, 11) is 1.68. The normalized spacial score (nSPS) is 22.0. The molecule has 0 radical (unpaired) electrons. The Labute approximate surface area is 240 Å². The maximum atomic E-state index is 12.4. The number of alkyl carbamates (subject to hydrolysis) is 1. The molecule has 2 aromatic carbocycles. The summed E-state index contributed by atoms with van der Waals surface area (Å²) in [6.45, 7) is 13.7. The molecule has 0 unspecified atom stereocenters. The average Bonchev–Trinajstić information content (AvgIpc) is 3.52. The number of ether oxygens (including phenoxy) is 2. The van der Waals surface area contributed by atoms with Gasteiger partial charge in [0.25, 0.3) is 0 Å². The van der Waals surface area contributed by atoms with Gasteiger partial charge >= 0.3 is 6.09 Å². The second-order valence-corrected chi connectivity index (χ2v) is 12.0. The van der Waals surface area contributed by atoms with Gasteiger partial charge in [0, 0.05) is 61.9 Å². The summed E-state index contributed by atoms with van der Waals surface area (Å²) in [6, 6.07) is 16.8. The van der Waals surface area contributed by atoms with Crippen LogP contribution in [-0.4, -0.2) is 67.0 Å². The van der Waals surface area contributed by atoms with E-state index < -0.39 is 11.7 Å². The number of aromatic nitrogens is 1. The van der Waals surface area contributed by atoms with Crippen LogP contribution >= 0.6 is 0 Å². The highest BCUT2D eigenvalue weighted by Crippen LogP contribution is 2.43. The van der Waals surface area contributed by atoms with Crippen molar-refractivity contribution in [2.24, 2.45) is 0 Å². The minimum absolute atomic E-state index is 0.132. The highest BCUT2D eigenvalue weighted by molar-refractivity contribution is 5.95. The summed E-state index contributed by atoms with van der Waals surface area (Å²) in [5.74, 6) is 0. The number of piperazine rings is 1. The fourth-order valence-electron chi connectivity index (χ4n) is 6.35. The molecule has 3 atom stereocenters. The topological polar surface area (TPSA) is 94.0 Å². The third kappa shape index (κ3) is 5.04. The highest BCUT2D eigenvalue weighted by atomic mass is 16.6. The van der Waals surface area contributed by atoms with Crippen molar-refractivity contribution in [3.63, 3.8) is 0 Å². The number of carbonyl (C=O) groups is 1.